The number of nitrogens with zero attached hydrogens (tertiary/aromatic N) is 1. The van der Waals surface area contributed by atoms with E-state index in [1.807, 2.05) is 0 Å². The number of rotatable bonds is 7. The van der Waals surface area contributed by atoms with Crippen LogP contribution in [0.15, 0.2) is 0 Å². The largest absolute Gasteiger partial charge is 0.396 e. The molecule has 0 heterocycles. The van der Waals surface area contributed by atoms with Crippen molar-refractivity contribution in [1.29, 1.82) is 0 Å². The third kappa shape index (κ3) is 5.81. The number of aliphatic hydroxyl groups is 1. The quantitative estimate of drug-likeness (QED) is 0.621. The minimum absolute atomic E-state index is 0.283. The molecule has 1 atom stereocenters. The van der Waals surface area contributed by atoms with Crippen LogP contribution in [0.2, 0.25) is 0 Å². The third-order valence-corrected chi connectivity index (χ3v) is 2.44. The van der Waals surface area contributed by atoms with Crippen molar-refractivity contribution in [2.45, 2.75) is 20.3 Å². The Balaban J connectivity index is 3.51. The van der Waals surface area contributed by atoms with Crippen molar-refractivity contribution in [1.82, 2.24) is 4.90 Å². The predicted molar refractivity (Wildman–Crippen MR) is 53.7 cm³/mol. The SMILES string of the molecule is CCN(CCCO)CC(C)CCl. The highest BCUT2D eigenvalue weighted by Gasteiger charge is 2.06. The van der Waals surface area contributed by atoms with Crippen molar-refractivity contribution < 1.29 is 5.11 Å². The van der Waals surface area contributed by atoms with Gasteiger partial charge in [0.05, 0.1) is 0 Å². The summed E-state index contributed by atoms with van der Waals surface area (Å²) in [6, 6.07) is 0. The second-order valence-electron chi connectivity index (χ2n) is 3.23. The van der Waals surface area contributed by atoms with Crippen LogP contribution in [-0.4, -0.2) is 42.1 Å². The molecule has 0 radical (unpaired) electrons. The van der Waals surface area contributed by atoms with Crippen LogP contribution in [0.4, 0.5) is 0 Å². The van der Waals surface area contributed by atoms with Crippen LogP contribution >= 0.6 is 11.6 Å². The Kier molecular flexibility index (Phi) is 7.98. The van der Waals surface area contributed by atoms with Crippen molar-refractivity contribution in [2.75, 3.05) is 32.1 Å². The maximum atomic E-state index is 8.65. The average molecular weight is 194 g/mol. The number of hydrogen-bond donors (Lipinski definition) is 1. The van der Waals surface area contributed by atoms with Gasteiger partial charge in [-0.15, -0.1) is 11.6 Å². The lowest BCUT2D eigenvalue weighted by atomic mass is 10.2. The zero-order valence-electron chi connectivity index (χ0n) is 8.09. The van der Waals surface area contributed by atoms with E-state index in [0.717, 1.165) is 31.9 Å². The van der Waals surface area contributed by atoms with Gasteiger partial charge in [0.15, 0.2) is 0 Å². The second kappa shape index (κ2) is 7.84. The summed E-state index contributed by atoms with van der Waals surface area (Å²) in [6.07, 6.45) is 0.864. The lowest BCUT2D eigenvalue weighted by molar-refractivity contribution is 0.216. The Labute approximate surface area is 80.5 Å². The predicted octanol–water partition coefficient (Wildman–Crippen LogP) is 1.57. The number of halogens is 1. The highest BCUT2D eigenvalue weighted by molar-refractivity contribution is 6.18. The van der Waals surface area contributed by atoms with Crippen LogP contribution in [0.25, 0.3) is 0 Å². The summed E-state index contributed by atoms with van der Waals surface area (Å²) >= 11 is 5.71. The molecule has 0 aromatic heterocycles. The van der Waals surface area contributed by atoms with Gasteiger partial charge in [0, 0.05) is 25.6 Å². The Morgan fingerprint density at radius 3 is 2.58 bits per heavy atom. The van der Waals surface area contributed by atoms with Crippen molar-refractivity contribution in [2.24, 2.45) is 5.92 Å². The van der Waals surface area contributed by atoms with E-state index in [1.54, 1.807) is 0 Å². The van der Waals surface area contributed by atoms with Crippen LogP contribution in [0.5, 0.6) is 0 Å². The molecule has 0 saturated heterocycles. The maximum absolute atomic E-state index is 8.65. The average Bonchev–Trinajstić information content (AvgIpc) is 2.11. The van der Waals surface area contributed by atoms with Gasteiger partial charge in [0.2, 0.25) is 0 Å². The van der Waals surface area contributed by atoms with Gasteiger partial charge >= 0.3 is 0 Å². The van der Waals surface area contributed by atoms with Gasteiger partial charge in [-0.25, -0.2) is 0 Å². The van der Waals surface area contributed by atoms with E-state index < -0.39 is 0 Å². The molecule has 12 heavy (non-hydrogen) atoms. The van der Waals surface area contributed by atoms with E-state index in [-0.39, 0.29) is 6.61 Å². The third-order valence-electron chi connectivity index (χ3n) is 1.91. The maximum Gasteiger partial charge on any atom is 0.0443 e. The first-order chi connectivity index (χ1) is 5.74. The monoisotopic (exact) mass is 193 g/mol. The summed E-state index contributed by atoms with van der Waals surface area (Å²) in [5, 5.41) is 8.65. The molecule has 0 aliphatic heterocycles. The van der Waals surface area contributed by atoms with Crippen molar-refractivity contribution in [3.63, 3.8) is 0 Å². The van der Waals surface area contributed by atoms with E-state index >= 15 is 0 Å². The molecular weight excluding hydrogens is 174 g/mol. The van der Waals surface area contributed by atoms with Crippen molar-refractivity contribution >= 4 is 11.6 Å². The molecule has 0 fully saturated rings. The van der Waals surface area contributed by atoms with Crippen LogP contribution < -0.4 is 0 Å². The first-order valence-electron chi connectivity index (χ1n) is 4.63. The number of alkyl halides is 1. The molecule has 3 heteroatoms. The van der Waals surface area contributed by atoms with Crippen molar-refractivity contribution in [3.8, 4) is 0 Å². The molecule has 2 nitrogen and oxygen atoms in total. The van der Waals surface area contributed by atoms with Crippen LogP contribution in [0.3, 0.4) is 0 Å². The molecule has 0 amide bonds. The van der Waals surface area contributed by atoms with E-state index in [2.05, 4.69) is 18.7 Å². The number of aliphatic hydroxyl groups excluding tert-OH is 1. The summed E-state index contributed by atoms with van der Waals surface area (Å²) in [6.45, 7) is 7.63. The van der Waals surface area contributed by atoms with Crippen LogP contribution in [0.1, 0.15) is 20.3 Å². The van der Waals surface area contributed by atoms with E-state index in [4.69, 9.17) is 16.7 Å². The molecule has 1 N–H and O–H groups in total. The van der Waals surface area contributed by atoms with E-state index in [1.165, 1.54) is 0 Å². The first-order valence-corrected chi connectivity index (χ1v) is 5.17. The fraction of sp³-hybridized carbons (Fsp3) is 1.00. The molecule has 0 aliphatic rings. The Hall–Kier alpha value is 0.210. The zero-order valence-corrected chi connectivity index (χ0v) is 8.85. The molecule has 74 valence electrons. The molecule has 1 unspecified atom stereocenters. The molecule has 0 spiro atoms. The standard InChI is InChI=1S/C9H20ClNO/c1-3-11(5-4-6-12)8-9(2)7-10/h9,12H,3-8H2,1-2H3. The van der Waals surface area contributed by atoms with E-state index in [9.17, 15) is 0 Å². The lowest BCUT2D eigenvalue weighted by Crippen LogP contribution is -2.30. The molecule has 0 aromatic carbocycles. The van der Waals surface area contributed by atoms with Crippen LogP contribution in [-0.2, 0) is 0 Å². The van der Waals surface area contributed by atoms with Gasteiger partial charge in [-0.05, 0) is 18.9 Å². The normalized spacial score (nSPS) is 13.8. The highest BCUT2D eigenvalue weighted by Crippen LogP contribution is 2.02. The molecular formula is C9H20ClNO. The Morgan fingerprint density at radius 1 is 1.50 bits per heavy atom. The molecule has 0 rings (SSSR count). The van der Waals surface area contributed by atoms with Gasteiger partial charge in [-0.1, -0.05) is 13.8 Å². The second-order valence-corrected chi connectivity index (χ2v) is 3.54. The van der Waals surface area contributed by atoms with Gasteiger partial charge < -0.3 is 10.0 Å². The number of hydrogen-bond acceptors (Lipinski definition) is 2. The summed E-state index contributed by atoms with van der Waals surface area (Å²) in [4.78, 5) is 2.32. The fourth-order valence-electron chi connectivity index (χ4n) is 1.16. The van der Waals surface area contributed by atoms with Crippen molar-refractivity contribution in [3.05, 3.63) is 0 Å². The molecule has 0 aromatic rings. The summed E-state index contributed by atoms with van der Waals surface area (Å²) in [7, 11) is 0. The fourth-order valence-corrected chi connectivity index (χ4v) is 1.26. The highest BCUT2D eigenvalue weighted by atomic mass is 35.5. The summed E-state index contributed by atoms with van der Waals surface area (Å²) in [5.41, 5.74) is 0. The van der Waals surface area contributed by atoms with Gasteiger partial charge in [-0.2, -0.15) is 0 Å². The molecule has 0 saturated carbocycles. The summed E-state index contributed by atoms with van der Waals surface area (Å²) in [5.74, 6) is 1.26. The zero-order chi connectivity index (χ0) is 9.40. The smallest absolute Gasteiger partial charge is 0.0443 e. The van der Waals surface area contributed by atoms with Gasteiger partial charge in [-0.3, -0.25) is 0 Å². The minimum atomic E-state index is 0.283. The van der Waals surface area contributed by atoms with Gasteiger partial charge in [0.1, 0.15) is 0 Å². The topological polar surface area (TPSA) is 23.5 Å². The van der Waals surface area contributed by atoms with Gasteiger partial charge in [0.25, 0.3) is 0 Å². The minimum Gasteiger partial charge on any atom is -0.396 e. The molecule has 0 aliphatic carbocycles. The summed E-state index contributed by atoms with van der Waals surface area (Å²) < 4.78 is 0. The Morgan fingerprint density at radius 2 is 2.17 bits per heavy atom. The molecule has 0 bridgehead atoms. The Bertz CT molecular complexity index is 101. The lowest BCUT2D eigenvalue weighted by Gasteiger charge is -2.22. The van der Waals surface area contributed by atoms with Crippen LogP contribution in [0, 0.1) is 5.92 Å². The first kappa shape index (κ1) is 12.2. The van der Waals surface area contributed by atoms with E-state index in [0.29, 0.717) is 5.92 Å².